The molecule has 0 radical (unpaired) electrons. The van der Waals surface area contributed by atoms with E-state index in [0.717, 1.165) is 0 Å². The summed E-state index contributed by atoms with van der Waals surface area (Å²) in [5, 5.41) is 0.660. The maximum Gasteiger partial charge on any atom is 0.161 e. The molecule has 6 heteroatoms. The Morgan fingerprint density at radius 2 is 2.00 bits per heavy atom. The Bertz CT molecular complexity index is 841. The van der Waals surface area contributed by atoms with Crippen LogP contribution in [-0.4, -0.2) is 17.1 Å². The van der Waals surface area contributed by atoms with E-state index in [1.165, 1.54) is 6.07 Å². The molecule has 0 unspecified atom stereocenters. The van der Waals surface area contributed by atoms with Gasteiger partial charge in [-0.3, -0.25) is 0 Å². The number of methoxy groups -OCH3 is 1. The Kier molecular flexibility index (Phi) is 3.78. The molecule has 1 aromatic heterocycles. The topological polar surface area (TPSA) is 35.0 Å². The second-order valence-corrected chi connectivity index (χ2v) is 5.54. The van der Waals surface area contributed by atoms with Gasteiger partial charge in [0.05, 0.1) is 12.5 Å². The minimum absolute atomic E-state index is 0.183. The van der Waals surface area contributed by atoms with E-state index in [-0.39, 0.29) is 10.7 Å². The average molecular weight is 368 g/mol. The molecular formula is C15H9BrClFN2O. The third-order valence-corrected chi connectivity index (χ3v) is 3.97. The molecule has 0 spiro atoms. The number of aromatic nitrogens is 2. The van der Waals surface area contributed by atoms with Gasteiger partial charge in [-0.15, -0.1) is 0 Å². The Morgan fingerprint density at radius 1 is 1.19 bits per heavy atom. The molecule has 0 saturated heterocycles. The highest BCUT2D eigenvalue weighted by Gasteiger charge is 2.14. The number of fused-ring (bicyclic) bond motifs is 1. The van der Waals surface area contributed by atoms with E-state index in [0.29, 0.717) is 27.0 Å². The van der Waals surface area contributed by atoms with Crippen molar-refractivity contribution in [1.82, 2.24) is 9.97 Å². The molecule has 106 valence electrons. The van der Waals surface area contributed by atoms with Crippen molar-refractivity contribution in [2.75, 3.05) is 7.11 Å². The Labute approximate surface area is 133 Å². The quantitative estimate of drug-likeness (QED) is 0.607. The predicted octanol–water partition coefficient (Wildman–Crippen LogP) is 4.86. The average Bonchev–Trinajstić information content (AvgIpc) is 2.50. The van der Waals surface area contributed by atoms with Crippen LogP contribution in [0.1, 0.15) is 0 Å². The molecule has 0 aliphatic rings. The van der Waals surface area contributed by atoms with Gasteiger partial charge in [0.15, 0.2) is 5.82 Å². The van der Waals surface area contributed by atoms with Gasteiger partial charge in [0.1, 0.15) is 22.2 Å². The third-order valence-electron chi connectivity index (χ3n) is 3.03. The van der Waals surface area contributed by atoms with Gasteiger partial charge in [-0.1, -0.05) is 23.7 Å². The number of halogens is 3. The predicted molar refractivity (Wildman–Crippen MR) is 84.2 cm³/mol. The molecule has 0 fully saturated rings. The summed E-state index contributed by atoms with van der Waals surface area (Å²) in [6, 6.07) is 10.1. The molecule has 0 saturated carbocycles. The summed E-state index contributed by atoms with van der Waals surface area (Å²) >= 11 is 9.52. The van der Waals surface area contributed by atoms with Crippen LogP contribution in [0.25, 0.3) is 22.3 Å². The highest BCUT2D eigenvalue weighted by molar-refractivity contribution is 9.10. The van der Waals surface area contributed by atoms with Crippen LogP contribution in [-0.2, 0) is 0 Å². The van der Waals surface area contributed by atoms with Gasteiger partial charge < -0.3 is 4.74 Å². The summed E-state index contributed by atoms with van der Waals surface area (Å²) in [5.74, 6) is 0.576. The highest BCUT2D eigenvalue weighted by Crippen LogP contribution is 2.32. The van der Waals surface area contributed by atoms with E-state index in [1.807, 2.05) is 18.2 Å². The molecule has 0 bridgehead atoms. The Balaban J connectivity index is 2.27. The zero-order valence-electron chi connectivity index (χ0n) is 10.9. The number of hydrogen-bond donors (Lipinski definition) is 0. The van der Waals surface area contributed by atoms with Crippen molar-refractivity contribution in [3.63, 3.8) is 0 Å². The molecule has 0 aliphatic heterocycles. The van der Waals surface area contributed by atoms with Crippen molar-refractivity contribution in [2.45, 2.75) is 0 Å². The smallest absolute Gasteiger partial charge is 0.161 e. The van der Waals surface area contributed by atoms with Crippen LogP contribution in [0.4, 0.5) is 4.39 Å². The summed E-state index contributed by atoms with van der Waals surface area (Å²) in [6.07, 6.45) is 0. The van der Waals surface area contributed by atoms with Crippen LogP contribution in [0, 0.1) is 5.82 Å². The summed E-state index contributed by atoms with van der Waals surface area (Å²) in [6.45, 7) is 0. The largest absolute Gasteiger partial charge is 0.497 e. The normalized spacial score (nSPS) is 10.9. The first-order valence-electron chi connectivity index (χ1n) is 6.06. The SMILES string of the molecule is COc1cccc(-c2nc(Cl)c3c(Br)ccc(F)c3n2)c1. The molecule has 1 heterocycles. The fourth-order valence-corrected chi connectivity index (χ4v) is 2.91. The maximum absolute atomic E-state index is 14.0. The maximum atomic E-state index is 14.0. The van der Waals surface area contributed by atoms with Crippen LogP contribution in [0.2, 0.25) is 5.15 Å². The van der Waals surface area contributed by atoms with E-state index >= 15 is 0 Å². The summed E-state index contributed by atoms with van der Waals surface area (Å²) in [4.78, 5) is 8.54. The molecule has 3 nitrogen and oxygen atoms in total. The number of ether oxygens (including phenoxy) is 1. The van der Waals surface area contributed by atoms with Crippen LogP contribution < -0.4 is 4.74 Å². The highest BCUT2D eigenvalue weighted by atomic mass is 79.9. The Hall–Kier alpha value is -1.72. The van der Waals surface area contributed by atoms with Gasteiger partial charge in [0, 0.05) is 10.0 Å². The molecule has 21 heavy (non-hydrogen) atoms. The zero-order valence-corrected chi connectivity index (χ0v) is 13.2. The summed E-state index contributed by atoms with van der Waals surface area (Å²) in [5.41, 5.74) is 0.889. The van der Waals surface area contributed by atoms with E-state index in [1.54, 1.807) is 19.2 Å². The van der Waals surface area contributed by atoms with Crippen LogP contribution in [0.15, 0.2) is 40.9 Å². The molecule has 0 aliphatic carbocycles. The lowest BCUT2D eigenvalue weighted by Crippen LogP contribution is -1.95. The first kappa shape index (κ1) is 14.2. The van der Waals surface area contributed by atoms with Crippen molar-refractivity contribution >= 4 is 38.4 Å². The van der Waals surface area contributed by atoms with E-state index < -0.39 is 5.82 Å². The van der Waals surface area contributed by atoms with Crippen molar-refractivity contribution < 1.29 is 9.13 Å². The van der Waals surface area contributed by atoms with E-state index in [2.05, 4.69) is 25.9 Å². The van der Waals surface area contributed by atoms with Crippen molar-refractivity contribution in [1.29, 1.82) is 0 Å². The number of benzene rings is 2. The van der Waals surface area contributed by atoms with Gasteiger partial charge in [0.25, 0.3) is 0 Å². The van der Waals surface area contributed by atoms with Crippen LogP contribution in [0.3, 0.4) is 0 Å². The molecule has 0 amide bonds. The molecule has 2 aromatic carbocycles. The van der Waals surface area contributed by atoms with Crippen LogP contribution in [0.5, 0.6) is 5.75 Å². The monoisotopic (exact) mass is 366 g/mol. The second kappa shape index (κ2) is 5.58. The summed E-state index contributed by atoms with van der Waals surface area (Å²) < 4.78 is 19.8. The minimum Gasteiger partial charge on any atom is -0.497 e. The Morgan fingerprint density at radius 3 is 2.76 bits per heavy atom. The fourth-order valence-electron chi connectivity index (χ4n) is 2.02. The second-order valence-electron chi connectivity index (χ2n) is 4.32. The first-order chi connectivity index (χ1) is 10.1. The zero-order chi connectivity index (χ0) is 15.0. The van der Waals surface area contributed by atoms with Gasteiger partial charge in [-0.2, -0.15) is 0 Å². The number of hydrogen-bond acceptors (Lipinski definition) is 3. The molecule has 3 rings (SSSR count). The van der Waals surface area contributed by atoms with Crippen molar-refractivity contribution in [2.24, 2.45) is 0 Å². The summed E-state index contributed by atoms with van der Waals surface area (Å²) in [7, 11) is 1.57. The number of rotatable bonds is 2. The van der Waals surface area contributed by atoms with Crippen LogP contribution >= 0.6 is 27.5 Å². The lowest BCUT2D eigenvalue weighted by molar-refractivity contribution is 0.415. The first-order valence-corrected chi connectivity index (χ1v) is 7.23. The number of nitrogens with zero attached hydrogens (tertiary/aromatic N) is 2. The van der Waals surface area contributed by atoms with Gasteiger partial charge in [-0.05, 0) is 40.2 Å². The molecule has 0 atom stereocenters. The van der Waals surface area contributed by atoms with Gasteiger partial charge in [0.2, 0.25) is 0 Å². The lowest BCUT2D eigenvalue weighted by Gasteiger charge is -2.08. The third kappa shape index (κ3) is 2.59. The fraction of sp³-hybridized carbons (Fsp3) is 0.0667. The van der Waals surface area contributed by atoms with E-state index in [4.69, 9.17) is 16.3 Å². The molecule has 0 N–H and O–H groups in total. The van der Waals surface area contributed by atoms with Gasteiger partial charge in [-0.25, -0.2) is 14.4 Å². The minimum atomic E-state index is -0.443. The van der Waals surface area contributed by atoms with Crippen molar-refractivity contribution in [3.05, 3.63) is 51.8 Å². The lowest BCUT2D eigenvalue weighted by atomic mass is 10.2. The molecule has 3 aromatic rings. The molecular weight excluding hydrogens is 359 g/mol. The van der Waals surface area contributed by atoms with Crippen molar-refractivity contribution in [3.8, 4) is 17.1 Å². The van der Waals surface area contributed by atoms with Gasteiger partial charge >= 0.3 is 0 Å². The van der Waals surface area contributed by atoms with E-state index in [9.17, 15) is 4.39 Å². The standard InChI is InChI=1S/C15H9BrClFN2O/c1-21-9-4-2-3-8(7-9)15-19-13-11(18)6-5-10(16)12(13)14(17)20-15/h2-7H,1H3.